The van der Waals surface area contributed by atoms with Crippen molar-refractivity contribution in [2.75, 3.05) is 13.7 Å². The number of methoxy groups -OCH3 is 1. The third-order valence-electron chi connectivity index (χ3n) is 2.34. The van der Waals surface area contributed by atoms with Crippen molar-refractivity contribution in [3.63, 3.8) is 0 Å². The third-order valence-corrected chi connectivity index (χ3v) is 4.45. The zero-order valence-electron chi connectivity index (χ0n) is 9.52. The SMILES string of the molecule is COCCn1ncc(Cl)c1C(=O)c1sccc1Br. The maximum absolute atomic E-state index is 12.4. The molecule has 0 aliphatic carbocycles. The Balaban J connectivity index is 2.35. The third kappa shape index (κ3) is 2.66. The molecule has 2 aromatic heterocycles. The van der Waals surface area contributed by atoms with E-state index >= 15 is 0 Å². The lowest BCUT2D eigenvalue weighted by molar-refractivity contribution is 0.102. The Hall–Kier alpha value is -0.690. The average Bonchev–Trinajstić information content (AvgIpc) is 2.92. The van der Waals surface area contributed by atoms with Gasteiger partial charge in [-0.3, -0.25) is 9.48 Å². The monoisotopic (exact) mass is 348 g/mol. The number of rotatable bonds is 5. The number of hydrogen-bond donors (Lipinski definition) is 0. The molecule has 0 amide bonds. The van der Waals surface area contributed by atoms with Gasteiger partial charge in [0, 0.05) is 11.6 Å². The molecule has 0 bridgehead atoms. The van der Waals surface area contributed by atoms with Gasteiger partial charge in [-0.25, -0.2) is 0 Å². The molecule has 0 radical (unpaired) electrons. The van der Waals surface area contributed by atoms with Crippen LogP contribution < -0.4 is 0 Å². The Kier molecular flexibility index (Phi) is 4.55. The molecule has 96 valence electrons. The normalized spacial score (nSPS) is 10.8. The summed E-state index contributed by atoms with van der Waals surface area (Å²) in [6, 6.07) is 1.83. The lowest BCUT2D eigenvalue weighted by Crippen LogP contribution is -2.14. The first-order valence-corrected chi connectivity index (χ1v) is 7.18. The van der Waals surface area contributed by atoms with E-state index in [1.165, 1.54) is 17.5 Å². The average molecular weight is 350 g/mol. The van der Waals surface area contributed by atoms with E-state index in [-0.39, 0.29) is 5.78 Å². The number of halogens is 2. The highest BCUT2D eigenvalue weighted by atomic mass is 79.9. The molecule has 2 heterocycles. The summed E-state index contributed by atoms with van der Waals surface area (Å²) in [4.78, 5) is 13.0. The second-order valence-corrected chi connectivity index (χ2v) is 5.66. The molecule has 2 aromatic rings. The first-order chi connectivity index (χ1) is 8.65. The molecule has 0 aliphatic heterocycles. The van der Waals surface area contributed by atoms with E-state index < -0.39 is 0 Å². The minimum Gasteiger partial charge on any atom is -0.383 e. The zero-order valence-corrected chi connectivity index (χ0v) is 12.7. The molecule has 0 atom stereocenters. The van der Waals surface area contributed by atoms with Gasteiger partial charge in [0.05, 0.1) is 29.2 Å². The van der Waals surface area contributed by atoms with Crippen molar-refractivity contribution < 1.29 is 9.53 Å². The summed E-state index contributed by atoms with van der Waals surface area (Å²) in [5, 5.41) is 6.29. The minimum absolute atomic E-state index is 0.129. The molecule has 0 saturated carbocycles. The minimum atomic E-state index is -0.129. The quantitative estimate of drug-likeness (QED) is 0.778. The van der Waals surface area contributed by atoms with Gasteiger partial charge in [-0.05, 0) is 27.4 Å². The first kappa shape index (κ1) is 13.7. The summed E-state index contributed by atoms with van der Waals surface area (Å²) in [6.07, 6.45) is 1.48. The second kappa shape index (κ2) is 5.97. The van der Waals surface area contributed by atoms with Crippen LogP contribution in [0.3, 0.4) is 0 Å². The molecule has 0 saturated heterocycles. The van der Waals surface area contributed by atoms with Gasteiger partial charge < -0.3 is 4.74 Å². The standard InChI is InChI=1S/C11H10BrClN2O2S/c1-17-4-3-15-9(8(13)6-14-15)10(16)11-7(12)2-5-18-11/h2,5-6H,3-4H2,1H3. The molecule has 4 nitrogen and oxygen atoms in total. The fourth-order valence-corrected chi connectivity index (χ4v) is 3.22. The number of aromatic nitrogens is 2. The fraction of sp³-hybridized carbons (Fsp3) is 0.273. The molecule has 0 aromatic carbocycles. The van der Waals surface area contributed by atoms with Gasteiger partial charge in [-0.2, -0.15) is 5.10 Å². The van der Waals surface area contributed by atoms with Crippen molar-refractivity contribution in [1.82, 2.24) is 9.78 Å². The van der Waals surface area contributed by atoms with Crippen LogP contribution in [-0.4, -0.2) is 29.3 Å². The van der Waals surface area contributed by atoms with Gasteiger partial charge in [0.15, 0.2) is 0 Å². The number of carbonyl (C=O) groups excluding carboxylic acids is 1. The topological polar surface area (TPSA) is 44.1 Å². The van der Waals surface area contributed by atoms with Crippen LogP contribution in [0, 0.1) is 0 Å². The van der Waals surface area contributed by atoms with Crippen LogP contribution in [0.1, 0.15) is 15.4 Å². The molecule has 0 aliphatic rings. The van der Waals surface area contributed by atoms with E-state index in [9.17, 15) is 4.79 Å². The van der Waals surface area contributed by atoms with Crippen molar-refractivity contribution >= 4 is 44.7 Å². The number of ether oxygens (including phenoxy) is 1. The van der Waals surface area contributed by atoms with Crippen LogP contribution in [0.5, 0.6) is 0 Å². The molecule has 2 rings (SSSR count). The van der Waals surface area contributed by atoms with E-state index in [0.29, 0.717) is 28.7 Å². The van der Waals surface area contributed by atoms with Gasteiger partial charge in [0.2, 0.25) is 5.78 Å². The Morgan fingerprint density at radius 2 is 2.44 bits per heavy atom. The summed E-state index contributed by atoms with van der Waals surface area (Å²) in [5.41, 5.74) is 0.400. The Morgan fingerprint density at radius 1 is 1.67 bits per heavy atom. The van der Waals surface area contributed by atoms with Gasteiger partial charge in [-0.1, -0.05) is 11.6 Å². The number of ketones is 1. The maximum Gasteiger partial charge on any atom is 0.223 e. The van der Waals surface area contributed by atoms with Gasteiger partial charge >= 0.3 is 0 Å². The molecule has 0 N–H and O–H groups in total. The van der Waals surface area contributed by atoms with Crippen LogP contribution in [0.2, 0.25) is 5.02 Å². The molecule has 0 fully saturated rings. The Labute approximate surface area is 122 Å². The number of thiophene rings is 1. The van der Waals surface area contributed by atoms with Crippen molar-refractivity contribution in [2.24, 2.45) is 0 Å². The molecule has 0 spiro atoms. The smallest absolute Gasteiger partial charge is 0.223 e. The zero-order chi connectivity index (χ0) is 13.1. The summed E-state index contributed by atoms with van der Waals surface area (Å²) < 4.78 is 7.32. The summed E-state index contributed by atoms with van der Waals surface area (Å²) >= 11 is 10.7. The van der Waals surface area contributed by atoms with Gasteiger partial charge in [-0.15, -0.1) is 11.3 Å². The summed E-state index contributed by atoms with van der Waals surface area (Å²) in [7, 11) is 1.60. The maximum atomic E-state index is 12.4. The predicted octanol–water partition coefficient (Wildman–Crippen LogP) is 3.24. The van der Waals surface area contributed by atoms with Crippen LogP contribution in [0.4, 0.5) is 0 Å². The molecular formula is C11H10BrClN2O2S. The molecule has 18 heavy (non-hydrogen) atoms. The molecule has 0 unspecified atom stereocenters. The second-order valence-electron chi connectivity index (χ2n) is 3.48. The van der Waals surface area contributed by atoms with Crippen LogP contribution in [-0.2, 0) is 11.3 Å². The number of nitrogens with zero attached hydrogens (tertiary/aromatic N) is 2. The van der Waals surface area contributed by atoms with E-state index in [4.69, 9.17) is 16.3 Å². The fourth-order valence-electron chi connectivity index (χ4n) is 1.50. The lowest BCUT2D eigenvalue weighted by atomic mass is 10.2. The predicted molar refractivity (Wildman–Crippen MR) is 74.6 cm³/mol. The highest BCUT2D eigenvalue weighted by Gasteiger charge is 2.21. The first-order valence-electron chi connectivity index (χ1n) is 5.13. The largest absolute Gasteiger partial charge is 0.383 e. The molecular weight excluding hydrogens is 340 g/mol. The highest BCUT2D eigenvalue weighted by molar-refractivity contribution is 9.10. The molecule has 7 heteroatoms. The number of hydrogen-bond acceptors (Lipinski definition) is 4. The van der Waals surface area contributed by atoms with Crippen molar-refractivity contribution in [3.8, 4) is 0 Å². The highest BCUT2D eigenvalue weighted by Crippen LogP contribution is 2.28. The van der Waals surface area contributed by atoms with Gasteiger partial charge in [0.25, 0.3) is 0 Å². The van der Waals surface area contributed by atoms with E-state index in [0.717, 1.165) is 4.47 Å². The van der Waals surface area contributed by atoms with Crippen LogP contribution >= 0.6 is 38.9 Å². The summed E-state index contributed by atoms with van der Waals surface area (Å²) in [5.74, 6) is -0.129. The number of carbonyl (C=O) groups is 1. The lowest BCUT2D eigenvalue weighted by Gasteiger charge is -2.06. The Bertz CT molecular complexity index is 567. The van der Waals surface area contributed by atoms with E-state index in [1.807, 2.05) is 11.4 Å². The van der Waals surface area contributed by atoms with Crippen molar-refractivity contribution in [3.05, 3.63) is 37.7 Å². The Morgan fingerprint density at radius 3 is 3.06 bits per heavy atom. The van der Waals surface area contributed by atoms with Crippen molar-refractivity contribution in [2.45, 2.75) is 6.54 Å². The van der Waals surface area contributed by atoms with E-state index in [2.05, 4.69) is 21.0 Å². The van der Waals surface area contributed by atoms with Crippen LogP contribution in [0.15, 0.2) is 22.1 Å². The van der Waals surface area contributed by atoms with Crippen molar-refractivity contribution in [1.29, 1.82) is 0 Å². The summed E-state index contributed by atoms with van der Waals surface area (Å²) in [6.45, 7) is 0.969. The van der Waals surface area contributed by atoms with Gasteiger partial charge in [0.1, 0.15) is 5.69 Å². The van der Waals surface area contributed by atoms with E-state index in [1.54, 1.807) is 11.8 Å². The van der Waals surface area contributed by atoms with Crippen LogP contribution in [0.25, 0.3) is 0 Å².